The normalized spacial score (nSPS) is 10.7. The van der Waals surface area contributed by atoms with E-state index in [2.05, 4.69) is 26.6 Å². The summed E-state index contributed by atoms with van der Waals surface area (Å²) in [7, 11) is 0. The lowest BCUT2D eigenvalue weighted by atomic mass is 10.2. The number of rotatable bonds is 6. The number of amides is 2. The van der Waals surface area contributed by atoms with Gasteiger partial charge in [-0.25, -0.2) is 0 Å². The van der Waals surface area contributed by atoms with Crippen LogP contribution in [-0.4, -0.2) is 18.4 Å². The Morgan fingerprint density at radius 2 is 2.13 bits per heavy atom. The van der Waals surface area contributed by atoms with E-state index in [0.717, 1.165) is 15.7 Å². The molecule has 0 spiro atoms. The van der Waals surface area contributed by atoms with Gasteiger partial charge in [0.15, 0.2) is 0 Å². The number of benzene rings is 1. The molecule has 6 heteroatoms. The Bertz CT molecular complexity index is 709. The van der Waals surface area contributed by atoms with Crippen molar-refractivity contribution >= 4 is 39.5 Å². The van der Waals surface area contributed by atoms with Crippen molar-refractivity contribution in [3.63, 3.8) is 0 Å². The highest BCUT2D eigenvalue weighted by atomic mass is 79.9. The lowest BCUT2D eigenvalue weighted by molar-refractivity contribution is -0.117. The lowest BCUT2D eigenvalue weighted by Gasteiger charge is -2.09. The van der Waals surface area contributed by atoms with E-state index in [1.807, 2.05) is 25.1 Å². The maximum Gasteiger partial charge on any atom is 0.244 e. The fraction of sp³-hybridized carbons (Fsp3) is 0.176. The second-order valence-electron chi connectivity index (χ2n) is 4.90. The Morgan fingerprint density at radius 1 is 1.30 bits per heavy atom. The minimum absolute atomic E-state index is 0.151. The molecule has 1 aromatic heterocycles. The molecule has 2 amide bonds. The molecule has 0 saturated heterocycles. The standard InChI is InChI=1S/C17H17BrN2O3/c1-12-4-5-13(18)11-15(12)20-17(22)8-9-19-16(21)7-6-14-3-2-10-23-14/h2-7,10-11H,8-9H2,1H3,(H,19,21)(H,20,22). The first-order chi connectivity index (χ1) is 11.0. The summed E-state index contributed by atoms with van der Waals surface area (Å²) in [4.78, 5) is 23.5. The van der Waals surface area contributed by atoms with E-state index in [0.29, 0.717) is 5.76 Å². The third kappa shape index (κ3) is 5.75. The summed E-state index contributed by atoms with van der Waals surface area (Å²) in [6.45, 7) is 2.18. The van der Waals surface area contributed by atoms with Gasteiger partial charge >= 0.3 is 0 Å². The summed E-state index contributed by atoms with van der Waals surface area (Å²) in [5.74, 6) is 0.178. The fourth-order valence-corrected chi connectivity index (χ4v) is 2.20. The largest absolute Gasteiger partial charge is 0.465 e. The highest BCUT2D eigenvalue weighted by molar-refractivity contribution is 9.10. The molecule has 0 aliphatic rings. The van der Waals surface area contributed by atoms with Crippen molar-refractivity contribution in [2.75, 3.05) is 11.9 Å². The van der Waals surface area contributed by atoms with E-state index in [9.17, 15) is 9.59 Å². The maximum atomic E-state index is 11.9. The monoisotopic (exact) mass is 376 g/mol. The molecule has 0 saturated carbocycles. The highest BCUT2D eigenvalue weighted by Crippen LogP contribution is 2.20. The molecule has 0 radical (unpaired) electrons. The molecule has 120 valence electrons. The quantitative estimate of drug-likeness (QED) is 0.757. The summed E-state index contributed by atoms with van der Waals surface area (Å²) in [6.07, 6.45) is 4.67. The zero-order valence-corrected chi connectivity index (χ0v) is 14.2. The van der Waals surface area contributed by atoms with E-state index in [4.69, 9.17) is 4.42 Å². The molecule has 0 fully saturated rings. The molecule has 2 aromatic rings. The molecular weight excluding hydrogens is 360 g/mol. The molecular formula is C17H17BrN2O3. The number of aryl methyl sites for hydroxylation is 1. The number of halogens is 1. The van der Waals surface area contributed by atoms with Crippen LogP contribution in [0, 0.1) is 6.92 Å². The highest BCUT2D eigenvalue weighted by Gasteiger charge is 2.06. The second-order valence-corrected chi connectivity index (χ2v) is 5.81. The van der Waals surface area contributed by atoms with Gasteiger partial charge in [-0.2, -0.15) is 0 Å². The van der Waals surface area contributed by atoms with Gasteiger partial charge in [0.05, 0.1) is 6.26 Å². The third-order valence-electron chi connectivity index (χ3n) is 3.07. The Balaban J connectivity index is 1.74. The van der Waals surface area contributed by atoms with Crippen LogP contribution in [0.4, 0.5) is 5.69 Å². The molecule has 0 atom stereocenters. The predicted octanol–water partition coefficient (Wildman–Crippen LogP) is 3.51. The molecule has 0 bridgehead atoms. The summed E-state index contributed by atoms with van der Waals surface area (Å²) in [5.41, 5.74) is 1.74. The number of carbonyl (C=O) groups excluding carboxylic acids is 2. The summed E-state index contributed by atoms with van der Waals surface area (Å²) >= 11 is 3.37. The average molecular weight is 377 g/mol. The first kappa shape index (κ1) is 17.0. The average Bonchev–Trinajstić information content (AvgIpc) is 3.02. The van der Waals surface area contributed by atoms with Crippen LogP contribution in [0.5, 0.6) is 0 Å². The van der Waals surface area contributed by atoms with Crippen LogP contribution in [0.1, 0.15) is 17.7 Å². The van der Waals surface area contributed by atoms with Crippen molar-refractivity contribution in [1.29, 1.82) is 0 Å². The lowest BCUT2D eigenvalue weighted by Crippen LogP contribution is -2.26. The van der Waals surface area contributed by atoms with Gasteiger partial charge in [0, 0.05) is 29.2 Å². The Kier molecular flexibility index (Phi) is 6.17. The predicted molar refractivity (Wildman–Crippen MR) is 92.9 cm³/mol. The van der Waals surface area contributed by atoms with Gasteiger partial charge in [0.2, 0.25) is 11.8 Å². The molecule has 1 heterocycles. The van der Waals surface area contributed by atoms with Gasteiger partial charge in [-0.05, 0) is 42.8 Å². The summed E-state index contributed by atoms with van der Waals surface area (Å²) in [5, 5.41) is 5.48. The molecule has 0 aliphatic heterocycles. The van der Waals surface area contributed by atoms with Crippen LogP contribution >= 0.6 is 15.9 Å². The Morgan fingerprint density at radius 3 is 2.87 bits per heavy atom. The molecule has 0 aliphatic carbocycles. The van der Waals surface area contributed by atoms with E-state index in [1.165, 1.54) is 12.3 Å². The van der Waals surface area contributed by atoms with E-state index in [1.54, 1.807) is 18.2 Å². The Hall–Kier alpha value is -2.34. The zero-order valence-electron chi connectivity index (χ0n) is 12.6. The van der Waals surface area contributed by atoms with Crippen LogP contribution in [0.3, 0.4) is 0 Å². The van der Waals surface area contributed by atoms with E-state index in [-0.39, 0.29) is 24.8 Å². The topological polar surface area (TPSA) is 71.3 Å². The van der Waals surface area contributed by atoms with E-state index < -0.39 is 0 Å². The van der Waals surface area contributed by atoms with Gasteiger partial charge in [-0.3, -0.25) is 9.59 Å². The number of hydrogen-bond donors (Lipinski definition) is 2. The molecule has 2 rings (SSSR count). The molecule has 2 N–H and O–H groups in total. The van der Waals surface area contributed by atoms with Gasteiger partial charge in [0.25, 0.3) is 0 Å². The smallest absolute Gasteiger partial charge is 0.244 e. The fourth-order valence-electron chi connectivity index (χ4n) is 1.84. The van der Waals surface area contributed by atoms with Gasteiger partial charge < -0.3 is 15.1 Å². The molecule has 1 aromatic carbocycles. The SMILES string of the molecule is Cc1ccc(Br)cc1NC(=O)CCNC(=O)C=Cc1ccco1. The number of carbonyl (C=O) groups is 2. The first-order valence-corrected chi connectivity index (χ1v) is 7.89. The second kappa shape index (κ2) is 8.33. The van der Waals surface area contributed by atoms with Gasteiger partial charge in [-0.1, -0.05) is 22.0 Å². The van der Waals surface area contributed by atoms with Crippen LogP contribution in [-0.2, 0) is 9.59 Å². The summed E-state index contributed by atoms with van der Waals surface area (Å²) < 4.78 is 5.98. The van der Waals surface area contributed by atoms with Crippen molar-refractivity contribution in [3.8, 4) is 0 Å². The van der Waals surface area contributed by atoms with Crippen molar-refractivity contribution < 1.29 is 14.0 Å². The maximum absolute atomic E-state index is 11.9. The third-order valence-corrected chi connectivity index (χ3v) is 3.56. The van der Waals surface area contributed by atoms with Crippen molar-refractivity contribution in [2.45, 2.75) is 13.3 Å². The number of furan rings is 1. The Labute approximate surface area is 142 Å². The van der Waals surface area contributed by atoms with Gasteiger partial charge in [0.1, 0.15) is 5.76 Å². The van der Waals surface area contributed by atoms with Crippen molar-refractivity contribution in [3.05, 3.63) is 58.5 Å². The molecule has 5 nitrogen and oxygen atoms in total. The van der Waals surface area contributed by atoms with Crippen LogP contribution in [0.15, 0.2) is 51.6 Å². The first-order valence-electron chi connectivity index (χ1n) is 7.10. The molecule has 0 unspecified atom stereocenters. The van der Waals surface area contributed by atoms with Crippen LogP contribution in [0.2, 0.25) is 0 Å². The molecule has 23 heavy (non-hydrogen) atoms. The van der Waals surface area contributed by atoms with Crippen molar-refractivity contribution in [1.82, 2.24) is 5.32 Å². The minimum atomic E-state index is -0.271. The van der Waals surface area contributed by atoms with Gasteiger partial charge in [-0.15, -0.1) is 0 Å². The number of anilines is 1. The number of hydrogen-bond acceptors (Lipinski definition) is 3. The van der Waals surface area contributed by atoms with Crippen LogP contribution < -0.4 is 10.6 Å². The minimum Gasteiger partial charge on any atom is -0.465 e. The number of nitrogens with one attached hydrogen (secondary N) is 2. The van der Waals surface area contributed by atoms with E-state index >= 15 is 0 Å². The van der Waals surface area contributed by atoms with Crippen molar-refractivity contribution in [2.24, 2.45) is 0 Å². The zero-order chi connectivity index (χ0) is 16.7. The van der Waals surface area contributed by atoms with Crippen LogP contribution in [0.25, 0.3) is 6.08 Å². The summed E-state index contributed by atoms with van der Waals surface area (Å²) in [6, 6.07) is 9.17.